The molecule has 0 radical (unpaired) electrons. The fraction of sp³-hybridized carbons (Fsp3) is 0.286. The van der Waals surface area contributed by atoms with Gasteiger partial charge in [-0.15, -0.1) is 11.3 Å². The number of nitrogens with one attached hydrogen (secondary N) is 1. The van der Waals surface area contributed by atoms with Gasteiger partial charge in [-0.2, -0.15) is 0 Å². The highest BCUT2D eigenvalue weighted by Crippen LogP contribution is 2.22. The molecule has 0 fully saturated rings. The number of thiophene rings is 1. The van der Waals surface area contributed by atoms with Crippen molar-refractivity contribution in [2.24, 2.45) is 0 Å². The molecule has 0 spiro atoms. The molecular formula is C14H16BrNS. The first-order chi connectivity index (χ1) is 8.15. The summed E-state index contributed by atoms with van der Waals surface area (Å²) in [4.78, 5) is 0. The Balaban J connectivity index is 2.01. The van der Waals surface area contributed by atoms with Gasteiger partial charge in [-0.25, -0.2) is 0 Å². The molecule has 0 unspecified atom stereocenters. The predicted octanol–water partition coefficient (Wildman–Crippen LogP) is 5.25. The van der Waals surface area contributed by atoms with E-state index in [9.17, 15) is 0 Å². The fourth-order valence-corrected chi connectivity index (χ4v) is 2.86. The molecule has 0 atom stereocenters. The summed E-state index contributed by atoms with van der Waals surface area (Å²) in [5.74, 6) is 0.576. The molecule has 0 saturated heterocycles. The second-order valence-electron chi connectivity index (χ2n) is 4.39. The third-order valence-corrected chi connectivity index (χ3v) is 4.22. The van der Waals surface area contributed by atoms with Crippen LogP contribution in [0.5, 0.6) is 0 Å². The molecule has 1 nitrogen and oxygen atoms in total. The Kier molecular flexibility index (Phi) is 4.24. The summed E-state index contributed by atoms with van der Waals surface area (Å²) in [6.07, 6.45) is 0. The Morgan fingerprint density at radius 2 is 2.12 bits per heavy atom. The van der Waals surface area contributed by atoms with Crippen LogP contribution in [0.15, 0.2) is 39.5 Å². The lowest BCUT2D eigenvalue weighted by Gasteiger charge is -2.09. The van der Waals surface area contributed by atoms with E-state index in [1.165, 1.54) is 20.6 Å². The zero-order valence-electron chi connectivity index (χ0n) is 10.0. The van der Waals surface area contributed by atoms with Crippen molar-refractivity contribution in [3.05, 3.63) is 50.6 Å². The van der Waals surface area contributed by atoms with Gasteiger partial charge in [0, 0.05) is 12.2 Å². The van der Waals surface area contributed by atoms with Gasteiger partial charge >= 0.3 is 0 Å². The van der Waals surface area contributed by atoms with Crippen LogP contribution in [0.25, 0.3) is 0 Å². The van der Waals surface area contributed by atoms with Crippen LogP contribution in [0.4, 0.5) is 5.69 Å². The molecule has 0 aliphatic heterocycles. The van der Waals surface area contributed by atoms with E-state index in [0.29, 0.717) is 5.92 Å². The molecule has 0 saturated carbocycles. The molecule has 17 heavy (non-hydrogen) atoms. The molecule has 1 aromatic heterocycles. The normalized spacial score (nSPS) is 10.8. The van der Waals surface area contributed by atoms with Crippen LogP contribution in [0, 0.1) is 0 Å². The van der Waals surface area contributed by atoms with Crippen LogP contribution in [-0.2, 0) is 6.54 Å². The highest BCUT2D eigenvalue weighted by Gasteiger charge is 2.01. The van der Waals surface area contributed by atoms with Crippen LogP contribution in [0.2, 0.25) is 0 Å². The van der Waals surface area contributed by atoms with Crippen LogP contribution in [0.1, 0.15) is 30.9 Å². The Labute approximate surface area is 115 Å². The van der Waals surface area contributed by atoms with E-state index < -0.39 is 0 Å². The van der Waals surface area contributed by atoms with Crippen LogP contribution < -0.4 is 5.32 Å². The van der Waals surface area contributed by atoms with Gasteiger partial charge in [0.15, 0.2) is 0 Å². The minimum atomic E-state index is 0.576. The lowest BCUT2D eigenvalue weighted by molar-refractivity contribution is 0.866. The van der Waals surface area contributed by atoms with Crippen LogP contribution in [-0.4, -0.2) is 0 Å². The molecule has 0 aliphatic carbocycles. The quantitative estimate of drug-likeness (QED) is 0.813. The van der Waals surface area contributed by atoms with Crippen LogP contribution >= 0.6 is 27.3 Å². The van der Waals surface area contributed by atoms with Crippen molar-refractivity contribution >= 4 is 33.0 Å². The maximum atomic E-state index is 3.48. The van der Waals surface area contributed by atoms with E-state index in [0.717, 1.165) is 6.54 Å². The lowest BCUT2D eigenvalue weighted by atomic mass is 10.0. The zero-order chi connectivity index (χ0) is 12.3. The molecule has 3 heteroatoms. The summed E-state index contributed by atoms with van der Waals surface area (Å²) >= 11 is 5.20. The van der Waals surface area contributed by atoms with Gasteiger partial charge in [0.2, 0.25) is 0 Å². The molecule has 2 aromatic rings. The zero-order valence-corrected chi connectivity index (χ0v) is 12.4. The van der Waals surface area contributed by atoms with E-state index in [1.807, 2.05) is 0 Å². The monoisotopic (exact) mass is 309 g/mol. The molecule has 0 aliphatic rings. The molecule has 0 amide bonds. The van der Waals surface area contributed by atoms with Gasteiger partial charge in [0.25, 0.3) is 0 Å². The minimum Gasteiger partial charge on any atom is -0.381 e. The lowest BCUT2D eigenvalue weighted by Crippen LogP contribution is -1.99. The van der Waals surface area contributed by atoms with Gasteiger partial charge in [-0.05, 0) is 56.6 Å². The maximum Gasteiger partial charge on any atom is 0.0701 e. The van der Waals surface area contributed by atoms with Crippen molar-refractivity contribution < 1.29 is 0 Å². The van der Waals surface area contributed by atoms with Gasteiger partial charge in [-0.3, -0.25) is 0 Å². The summed E-state index contributed by atoms with van der Waals surface area (Å²) in [6, 6.07) is 10.8. The average Bonchev–Trinajstić information content (AvgIpc) is 2.73. The Morgan fingerprint density at radius 1 is 1.29 bits per heavy atom. The Bertz CT molecular complexity index is 490. The summed E-state index contributed by atoms with van der Waals surface area (Å²) in [6.45, 7) is 5.31. The van der Waals surface area contributed by atoms with Gasteiger partial charge in [-0.1, -0.05) is 26.0 Å². The van der Waals surface area contributed by atoms with Crippen molar-refractivity contribution in [3.8, 4) is 0 Å². The Morgan fingerprint density at radius 3 is 2.76 bits per heavy atom. The summed E-state index contributed by atoms with van der Waals surface area (Å²) in [7, 11) is 0. The van der Waals surface area contributed by atoms with Gasteiger partial charge < -0.3 is 5.32 Å². The van der Waals surface area contributed by atoms with E-state index in [4.69, 9.17) is 0 Å². The topological polar surface area (TPSA) is 12.0 Å². The first-order valence-corrected chi connectivity index (χ1v) is 7.39. The molecule has 1 N–H and O–H groups in total. The first kappa shape index (κ1) is 12.7. The standard InChI is InChI=1S/C14H16BrNS/c1-10(2)12-4-3-5-13(7-12)16-8-11-6-14(15)17-9-11/h3-7,9-10,16H,8H2,1-2H3. The second kappa shape index (κ2) is 5.69. The van der Waals surface area contributed by atoms with E-state index >= 15 is 0 Å². The average molecular weight is 310 g/mol. The van der Waals surface area contributed by atoms with Gasteiger partial charge in [0.05, 0.1) is 3.79 Å². The molecule has 0 bridgehead atoms. The number of benzene rings is 1. The highest BCUT2D eigenvalue weighted by molar-refractivity contribution is 9.11. The number of anilines is 1. The Hall–Kier alpha value is -0.800. The van der Waals surface area contributed by atoms with Gasteiger partial charge in [0.1, 0.15) is 0 Å². The van der Waals surface area contributed by atoms with E-state index in [2.05, 4.69) is 70.8 Å². The summed E-state index contributed by atoms with van der Waals surface area (Å²) < 4.78 is 1.19. The first-order valence-electron chi connectivity index (χ1n) is 5.72. The molecule has 1 aromatic carbocycles. The van der Waals surface area contributed by atoms with Crippen molar-refractivity contribution in [1.29, 1.82) is 0 Å². The van der Waals surface area contributed by atoms with E-state index in [1.54, 1.807) is 11.3 Å². The summed E-state index contributed by atoms with van der Waals surface area (Å²) in [5.41, 5.74) is 3.89. The van der Waals surface area contributed by atoms with Crippen molar-refractivity contribution in [3.63, 3.8) is 0 Å². The molecule has 1 heterocycles. The number of hydrogen-bond donors (Lipinski definition) is 1. The smallest absolute Gasteiger partial charge is 0.0701 e. The highest BCUT2D eigenvalue weighted by atomic mass is 79.9. The second-order valence-corrected chi connectivity index (χ2v) is 6.68. The number of halogens is 1. The predicted molar refractivity (Wildman–Crippen MR) is 79.9 cm³/mol. The fourth-order valence-electron chi connectivity index (χ4n) is 1.65. The molecule has 2 rings (SSSR count). The molecular weight excluding hydrogens is 294 g/mol. The van der Waals surface area contributed by atoms with Crippen molar-refractivity contribution in [1.82, 2.24) is 0 Å². The largest absolute Gasteiger partial charge is 0.381 e. The third-order valence-electron chi connectivity index (χ3n) is 2.67. The summed E-state index contributed by atoms with van der Waals surface area (Å²) in [5, 5.41) is 5.63. The maximum absolute atomic E-state index is 3.48. The number of hydrogen-bond acceptors (Lipinski definition) is 2. The SMILES string of the molecule is CC(C)c1cccc(NCc2csc(Br)c2)c1. The number of rotatable bonds is 4. The van der Waals surface area contributed by atoms with Crippen molar-refractivity contribution in [2.75, 3.05) is 5.32 Å². The van der Waals surface area contributed by atoms with E-state index in [-0.39, 0.29) is 0 Å². The minimum absolute atomic E-state index is 0.576. The molecule has 90 valence electrons. The van der Waals surface area contributed by atoms with Crippen LogP contribution in [0.3, 0.4) is 0 Å². The third kappa shape index (κ3) is 3.58. The van der Waals surface area contributed by atoms with Crippen molar-refractivity contribution in [2.45, 2.75) is 26.3 Å².